The number of carbonyl (C=O) groups excluding carboxylic acids is 1. The van der Waals surface area contributed by atoms with Crippen LogP contribution < -0.4 is 5.32 Å². The number of likely N-dealkylation sites (tertiary alicyclic amines) is 1. The number of likely N-dealkylation sites (N-methyl/N-ethyl adjacent to an activating group) is 1. The first-order valence-electron chi connectivity index (χ1n) is 9.48. The Labute approximate surface area is 156 Å². The topological polar surface area (TPSA) is 69.7 Å². The van der Waals surface area contributed by atoms with Gasteiger partial charge in [-0.1, -0.05) is 6.92 Å². The summed E-state index contributed by atoms with van der Waals surface area (Å²) < 4.78 is 27.2. The summed E-state index contributed by atoms with van der Waals surface area (Å²) in [5.41, 5.74) is 0.549. The average molecular weight is 380 g/mol. The Balaban J connectivity index is 1.72. The molecule has 0 bridgehead atoms. The van der Waals surface area contributed by atoms with E-state index in [2.05, 4.69) is 12.2 Å². The molecule has 1 amide bonds. The van der Waals surface area contributed by atoms with Gasteiger partial charge in [0.1, 0.15) is 0 Å². The van der Waals surface area contributed by atoms with E-state index in [1.165, 1.54) is 0 Å². The number of nitrogens with one attached hydrogen (secondary N) is 1. The molecule has 6 nitrogen and oxygen atoms in total. The summed E-state index contributed by atoms with van der Waals surface area (Å²) in [6.45, 7) is 4.68. The Morgan fingerprint density at radius 3 is 2.42 bits per heavy atom. The molecule has 0 aliphatic carbocycles. The van der Waals surface area contributed by atoms with Crippen LogP contribution >= 0.6 is 0 Å². The fourth-order valence-electron chi connectivity index (χ4n) is 3.86. The number of carbonyl (C=O) groups is 1. The second-order valence-electron chi connectivity index (χ2n) is 7.51. The Kier molecular flexibility index (Phi) is 5.99. The third kappa shape index (κ3) is 4.10. The third-order valence-corrected chi connectivity index (χ3v) is 7.36. The first-order valence-corrected chi connectivity index (χ1v) is 10.9. The van der Waals surface area contributed by atoms with Crippen LogP contribution in [0.4, 0.5) is 0 Å². The van der Waals surface area contributed by atoms with Gasteiger partial charge in [-0.25, -0.2) is 8.42 Å². The van der Waals surface area contributed by atoms with E-state index in [4.69, 9.17) is 0 Å². The van der Waals surface area contributed by atoms with Crippen molar-refractivity contribution in [2.75, 3.05) is 33.2 Å². The summed E-state index contributed by atoms with van der Waals surface area (Å²) >= 11 is 0. The van der Waals surface area contributed by atoms with E-state index in [1.807, 2.05) is 11.9 Å². The van der Waals surface area contributed by atoms with E-state index < -0.39 is 10.0 Å². The van der Waals surface area contributed by atoms with Crippen LogP contribution in [-0.2, 0) is 10.0 Å². The lowest BCUT2D eigenvalue weighted by Gasteiger charge is -2.32. The standard InChI is InChI=1S/C19H29N3O3S/c1-15-5-3-12-22(13-15)26(24,25)18-9-7-16(8-10-18)19(23)21-11-4-6-17(14-21)20-2/h7-10,15,17,20H,3-6,11-14H2,1-2H3. The highest BCUT2D eigenvalue weighted by atomic mass is 32.2. The molecule has 2 atom stereocenters. The number of piperidine rings is 2. The van der Waals surface area contributed by atoms with Crippen LogP contribution in [0.2, 0.25) is 0 Å². The Morgan fingerprint density at radius 2 is 1.77 bits per heavy atom. The van der Waals surface area contributed by atoms with Crippen molar-refractivity contribution in [1.29, 1.82) is 0 Å². The quantitative estimate of drug-likeness (QED) is 0.868. The van der Waals surface area contributed by atoms with Gasteiger partial charge in [-0.2, -0.15) is 4.31 Å². The van der Waals surface area contributed by atoms with Gasteiger partial charge < -0.3 is 10.2 Å². The molecule has 7 heteroatoms. The van der Waals surface area contributed by atoms with Crippen molar-refractivity contribution in [3.8, 4) is 0 Å². The first kappa shape index (κ1) is 19.3. The fraction of sp³-hybridized carbons (Fsp3) is 0.632. The molecule has 26 heavy (non-hydrogen) atoms. The van der Waals surface area contributed by atoms with Gasteiger partial charge in [0, 0.05) is 37.8 Å². The smallest absolute Gasteiger partial charge is 0.253 e. The van der Waals surface area contributed by atoms with Crippen molar-refractivity contribution >= 4 is 15.9 Å². The molecule has 0 aromatic heterocycles. The predicted molar refractivity (Wildman–Crippen MR) is 102 cm³/mol. The monoisotopic (exact) mass is 379 g/mol. The molecular weight excluding hydrogens is 350 g/mol. The molecular formula is C19H29N3O3S. The van der Waals surface area contributed by atoms with Gasteiger partial charge in [0.05, 0.1) is 4.90 Å². The minimum Gasteiger partial charge on any atom is -0.337 e. The summed E-state index contributed by atoms with van der Waals surface area (Å²) in [6, 6.07) is 6.76. The van der Waals surface area contributed by atoms with Crippen molar-refractivity contribution in [3.05, 3.63) is 29.8 Å². The minimum absolute atomic E-state index is 0.0273. The first-order chi connectivity index (χ1) is 12.4. The zero-order valence-electron chi connectivity index (χ0n) is 15.6. The van der Waals surface area contributed by atoms with E-state index >= 15 is 0 Å². The normalized spacial score (nSPS) is 25.2. The number of nitrogens with zero attached hydrogens (tertiary/aromatic N) is 2. The van der Waals surface area contributed by atoms with E-state index in [1.54, 1.807) is 28.6 Å². The Hall–Kier alpha value is -1.44. The molecule has 2 aliphatic rings. The summed E-state index contributed by atoms with van der Waals surface area (Å²) in [5, 5.41) is 3.23. The molecule has 0 spiro atoms. The predicted octanol–water partition coefficient (Wildman–Crippen LogP) is 1.93. The maximum absolute atomic E-state index is 12.8. The molecule has 0 radical (unpaired) electrons. The molecule has 1 N–H and O–H groups in total. The van der Waals surface area contributed by atoms with Crippen LogP contribution in [0.25, 0.3) is 0 Å². The minimum atomic E-state index is -3.48. The lowest BCUT2D eigenvalue weighted by Crippen LogP contribution is -2.46. The number of amides is 1. The maximum Gasteiger partial charge on any atom is 0.253 e. The summed E-state index contributed by atoms with van der Waals surface area (Å²) in [7, 11) is -1.56. The van der Waals surface area contributed by atoms with Gasteiger partial charge in [0.2, 0.25) is 10.0 Å². The highest BCUT2D eigenvalue weighted by molar-refractivity contribution is 7.89. The van der Waals surface area contributed by atoms with Crippen molar-refractivity contribution in [2.24, 2.45) is 5.92 Å². The largest absolute Gasteiger partial charge is 0.337 e. The van der Waals surface area contributed by atoms with Gasteiger partial charge in [-0.05, 0) is 62.9 Å². The Bertz CT molecular complexity index is 733. The molecule has 3 rings (SSSR count). The number of hydrogen-bond acceptors (Lipinski definition) is 4. The van der Waals surface area contributed by atoms with Gasteiger partial charge >= 0.3 is 0 Å². The van der Waals surface area contributed by atoms with Gasteiger partial charge in [-0.3, -0.25) is 4.79 Å². The van der Waals surface area contributed by atoms with E-state index in [-0.39, 0.29) is 10.8 Å². The van der Waals surface area contributed by atoms with Gasteiger partial charge in [0.15, 0.2) is 0 Å². The summed E-state index contributed by atoms with van der Waals surface area (Å²) in [6.07, 6.45) is 4.03. The lowest BCUT2D eigenvalue weighted by molar-refractivity contribution is 0.0698. The summed E-state index contributed by atoms with van der Waals surface area (Å²) in [5.74, 6) is 0.360. The lowest BCUT2D eigenvalue weighted by atomic mass is 10.0. The van der Waals surface area contributed by atoms with E-state index in [9.17, 15) is 13.2 Å². The molecule has 0 saturated carbocycles. The van der Waals surface area contributed by atoms with Crippen molar-refractivity contribution in [3.63, 3.8) is 0 Å². The Morgan fingerprint density at radius 1 is 1.08 bits per heavy atom. The van der Waals surface area contributed by atoms with E-state index in [0.29, 0.717) is 37.2 Å². The zero-order chi connectivity index (χ0) is 18.7. The molecule has 2 heterocycles. The molecule has 2 unspecified atom stereocenters. The number of benzene rings is 1. The molecule has 2 fully saturated rings. The van der Waals surface area contributed by atoms with Crippen LogP contribution in [0, 0.1) is 5.92 Å². The van der Waals surface area contributed by atoms with Gasteiger partial charge in [-0.15, -0.1) is 0 Å². The van der Waals surface area contributed by atoms with Crippen molar-refractivity contribution in [2.45, 2.75) is 43.5 Å². The maximum atomic E-state index is 12.8. The highest BCUT2D eigenvalue weighted by Gasteiger charge is 2.29. The van der Waals surface area contributed by atoms with Gasteiger partial charge in [0.25, 0.3) is 5.91 Å². The van der Waals surface area contributed by atoms with Crippen molar-refractivity contribution in [1.82, 2.24) is 14.5 Å². The van der Waals surface area contributed by atoms with Crippen molar-refractivity contribution < 1.29 is 13.2 Å². The fourth-order valence-corrected chi connectivity index (χ4v) is 5.46. The molecule has 1 aromatic rings. The van der Waals surface area contributed by atoms with Crippen LogP contribution in [0.15, 0.2) is 29.2 Å². The van der Waals surface area contributed by atoms with E-state index in [0.717, 1.165) is 32.2 Å². The van der Waals surface area contributed by atoms with Crippen LogP contribution in [0.1, 0.15) is 43.0 Å². The highest BCUT2D eigenvalue weighted by Crippen LogP contribution is 2.24. The van der Waals surface area contributed by atoms with Crippen LogP contribution in [0.3, 0.4) is 0 Å². The molecule has 144 valence electrons. The average Bonchev–Trinajstić information content (AvgIpc) is 2.67. The van der Waals surface area contributed by atoms with Crippen LogP contribution in [-0.4, -0.2) is 62.8 Å². The van der Waals surface area contributed by atoms with Crippen LogP contribution in [0.5, 0.6) is 0 Å². The summed E-state index contributed by atoms with van der Waals surface area (Å²) in [4.78, 5) is 14.8. The second kappa shape index (κ2) is 8.06. The number of sulfonamides is 1. The second-order valence-corrected chi connectivity index (χ2v) is 9.45. The number of hydrogen-bond donors (Lipinski definition) is 1. The molecule has 2 aliphatic heterocycles. The molecule has 2 saturated heterocycles. The zero-order valence-corrected chi connectivity index (χ0v) is 16.5. The SMILES string of the molecule is CNC1CCCN(C(=O)c2ccc(S(=O)(=O)N3CCCC(C)C3)cc2)C1. The third-order valence-electron chi connectivity index (χ3n) is 5.48. The number of rotatable bonds is 4. The molecule has 1 aromatic carbocycles.